The van der Waals surface area contributed by atoms with Gasteiger partial charge in [-0.15, -0.1) is 35.3 Å². The Labute approximate surface area is 196 Å². The second-order valence-electron chi connectivity index (χ2n) is 7.35. The Bertz CT molecular complexity index is 634. The molecule has 0 saturated heterocycles. The molecule has 7 nitrogen and oxygen atoms in total. The van der Waals surface area contributed by atoms with Crippen molar-refractivity contribution in [1.29, 1.82) is 0 Å². The average Bonchev–Trinajstić information content (AvgIpc) is 3.35. The topological polar surface area (TPSA) is 78.9 Å². The lowest BCUT2D eigenvalue weighted by Gasteiger charge is -2.21. The van der Waals surface area contributed by atoms with Crippen molar-refractivity contribution >= 4 is 47.2 Å². The van der Waals surface area contributed by atoms with Gasteiger partial charge in [-0.3, -0.25) is 9.79 Å². The summed E-state index contributed by atoms with van der Waals surface area (Å²) in [6, 6.07) is 0. The zero-order valence-corrected chi connectivity index (χ0v) is 21.2. The van der Waals surface area contributed by atoms with Crippen molar-refractivity contribution in [3.05, 3.63) is 16.1 Å². The number of nitrogens with zero attached hydrogens (tertiary/aromatic N) is 3. The van der Waals surface area contributed by atoms with Gasteiger partial charge in [0, 0.05) is 39.0 Å². The quantitative estimate of drug-likeness (QED) is 0.207. The molecule has 1 heterocycles. The molecule has 29 heavy (non-hydrogen) atoms. The van der Waals surface area contributed by atoms with Crippen LogP contribution in [-0.2, 0) is 16.1 Å². The molecule has 1 aromatic rings. The largest absolute Gasteiger partial charge is 0.375 e. The third-order valence-electron chi connectivity index (χ3n) is 5.01. The van der Waals surface area contributed by atoms with Crippen molar-refractivity contribution in [3.8, 4) is 0 Å². The number of rotatable bonds is 10. The summed E-state index contributed by atoms with van der Waals surface area (Å²) in [5, 5.41) is 9.35. The number of thiazole rings is 1. The second kappa shape index (κ2) is 14.1. The molecule has 1 unspecified atom stereocenters. The van der Waals surface area contributed by atoms with E-state index in [1.165, 1.54) is 25.7 Å². The highest BCUT2D eigenvalue weighted by molar-refractivity contribution is 14.0. The highest BCUT2D eigenvalue weighted by Gasteiger charge is 2.18. The maximum atomic E-state index is 12.0. The fraction of sp³-hybridized carbons (Fsp3) is 0.750. The number of methoxy groups -OCH3 is 1. The van der Waals surface area contributed by atoms with E-state index in [-0.39, 0.29) is 36.0 Å². The molecule has 1 atom stereocenters. The molecule has 0 bridgehead atoms. The number of hydrogen-bond acceptors (Lipinski definition) is 5. The van der Waals surface area contributed by atoms with Gasteiger partial charge in [0.15, 0.2) is 5.96 Å². The molecule has 1 aliphatic rings. The fourth-order valence-electron chi connectivity index (χ4n) is 3.38. The normalized spacial score (nSPS) is 15.7. The van der Waals surface area contributed by atoms with Gasteiger partial charge < -0.3 is 20.3 Å². The second-order valence-corrected chi connectivity index (χ2v) is 8.24. The Balaban J connectivity index is 0.00000420. The first-order valence-corrected chi connectivity index (χ1v) is 11.1. The average molecular weight is 538 g/mol. The molecular weight excluding hydrogens is 501 g/mol. The predicted octanol–water partition coefficient (Wildman–Crippen LogP) is 3.56. The summed E-state index contributed by atoms with van der Waals surface area (Å²) in [5.41, 5.74) is 1.00. The molecular formula is C20H36IN5O2S. The monoisotopic (exact) mass is 537 g/mol. The molecule has 166 valence electrons. The smallest absolute Gasteiger partial charge is 0.220 e. The molecule has 1 aliphatic carbocycles. The summed E-state index contributed by atoms with van der Waals surface area (Å²) < 4.78 is 5.33. The number of halogens is 1. The van der Waals surface area contributed by atoms with E-state index < -0.39 is 0 Å². The Morgan fingerprint density at radius 2 is 2.14 bits per heavy atom. The Morgan fingerprint density at radius 1 is 1.41 bits per heavy atom. The summed E-state index contributed by atoms with van der Waals surface area (Å²) in [5.74, 6) is 1.56. The number of carbonyl (C=O) groups is 1. The van der Waals surface area contributed by atoms with Gasteiger partial charge in [-0.05, 0) is 32.6 Å². The third kappa shape index (κ3) is 9.17. The van der Waals surface area contributed by atoms with Crippen LogP contribution in [0.1, 0.15) is 62.8 Å². The van der Waals surface area contributed by atoms with Gasteiger partial charge in [0.25, 0.3) is 0 Å². The number of guanidine groups is 1. The molecule has 9 heteroatoms. The highest BCUT2D eigenvalue weighted by Crippen LogP contribution is 2.27. The summed E-state index contributed by atoms with van der Waals surface area (Å²) in [6.45, 7) is 6.65. The van der Waals surface area contributed by atoms with Crippen molar-refractivity contribution in [3.63, 3.8) is 0 Å². The van der Waals surface area contributed by atoms with Crippen LogP contribution in [0.4, 0.5) is 0 Å². The van der Waals surface area contributed by atoms with Crippen LogP contribution in [0.3, 0.4) is 0 Å². The first-order valence-electron chi connectivity index (χ1n) is 10.3. The lowest BCUT2D eigenvalue weighted by molar-refractivity contribution is -0.121. The minimum atomic E-state index is 0. The fourth-order valence-corrected chi connectivity index (χ4v) is 4.22. The third-order valence-corrected chi connectivity index (χ3v) is 6.07. The summed E-state index contributed by atoms with van der Waals surface area (Å²) in [7, 11) is 3.69. The Hall–Kier alpha value is -0.940. The number of aromatic nitrogens is 1. The number of nitrogens with one attached hydrogen (secondary N) is 2. The van der Waals surface area contributed by atoms with Gasteiger partial charge in [0.05, 0.1) is 18.8 Å². The standard InChI is InChI=1S/C20H35N5O2S.HI/c1-5-21-20(23-11-10-22-18(26)12-16-8-6-7-9-16)25(3)13-17-14-28-19(24-17)15(2)27-4;/h14-16H,5-13H2,1-4H3,(H,21,23)(H,22,26);1H. The number of amides is 1. The van der Waals surface area contributed by atoms with Crippen LogP contribution in [0.25, 0.3) is 0 Å². The van der Waals surface area contributed by atoms with Crippen LogP contribution in [-0.4, -0.2) is 55.5 Å². The molecule has 1 aromatic heterocycles. The number of hydrogen-bond donors (Lipinski definition) is 2. The van der Waals surface area contributed by atoms with E-state index in [0.29, 0.717) is 32.0 Å². The number of ether oxygens (including phenoxy) is 1. The van der Waals surface area contributed by atoms with Crippen molar-refractivity contribution in [2.45, 2.75) is 58.6 Å². The van der Waals surface area contributed by atoms with E-state index in [1.54, 1.807) is 18.4 Å². The molecule has 1 fully saturated rings. The maximum absolute atomic E-state index is 12.0. The van der Waals surface area contributed by atoms with E-state index in [0.717, 1.165) is 23.2 Å². The summed E-state index contributed by atoms with van der Waals surface area (Å²) in [4.78, 5) is 23.4. The van der Waals surface area contributed by atoms with E-state index in [2.05, 4.69) is 30.9 Å². The first-order chi connectivity index (χ1) is 13.5. The van der Waals surface area contributed by atoms with Crippen LogP contribution >= 0.6 is 35.3 Å². The molecule has 1 amide bonds. The SMILES string of the molecule is CCNC(=NCCNC(=O)CC1CCCC1)N(C)Cc1csc(C(C)OC)n1.I. The summed E-state index contributed by atoms with van der Waals surface area (Å²) in [6.07, 6.45) is 5.61. The number of aliphatic imine (C=N–C) groups is 1. The van der Waals surface area contributed by atoms with Crippen molar-refractivity contribution in [1.82, 2.24) is 20.5 Å². The van der Waals surface area contributed by atoms with E-state index in [9.17, 15) is 4.79 Å². The van der Waals surface area contributed by atoms with E-state index >= 15 is 0 Å². The molecule has 0 spiro atoms. The van der Waals surface area contributed by atoms with Gasteiger partial charge >= 0.3 is 0 Å². The van der Waals surface area contributed by atoms with Crippen molar-refractivity contribution < 1.29 is 9.53 Å². The van der Waals surface area contributed by atoms with Gasteiger partial charge in [-0.25, -0.2) is 4.98 Å². The van der Waals surface area contributed by atoms with E-state index in [4.69, 9.17) is 4.74 Å². The molecule has 2 rings (SSSR count). The van der Waals surface area contributed by atoms with Crippen LogP contribution in [0.5, 0.6) is 0 Å². The van der Waals surface area contributed by atoms with Gasteiger partial charge in [0.1, 0.15) is 11.1 Å². The molecule has 0 aliphatic heterocycles. The minimum Gasteiger partial charge on any atom is -0.375 e. The molecule has 2 N–H and O–H groups in total. The Morgan fingerprint density at radius 3 is 2.79 bits per heavy atom. The predicted molar refractivity (Wildman–Crippen MR) is 130 cm³/mol. The zero-order valence-electron chi connectivity index (χ0n) is 18.1. The van der Waals surface area contributed by atoms with Gasteiger partial charge in [-0.1, -0.05) is 12.8 Å². The Kier molecular flexibility index (Phi) is 12.7. The van der Waals surface area contributed by atoms with E-state index in [1.807, 2.05) is 20.9 Å². The molecule has 0 aromatic carbocycles. The van der Waals surface area contributed by atoms with Gasteiger partial charge in [0.2, 0.25) is 5.91 Å². The maximum Gasteiger partial charge on any atom is 0.220 e. The number of carbonyl (C=O) groups excluding carboxylic acids is 1. The van der Waals surface area contributed by atoms with Crippen LogP contribution in [0.2, 0.25) is 0 Å². The lowest BCUT2D eigenvalue weighted by atomic mass is 10.0. The molecule has 1 saturated carbocycles. The van der Waals surface area contributed by atoms with Crippen LogP contribution in [0.15, 0.2) is 10.4 Å². The van der Waals surface area contributed by atoms with Crippen LogP contribution in [0, 0.1) is 5.92 Å². The zero-order chi connectivity index (χ0) is 20.4. The van der Waals surface area contributed by atoms with Crippen molar-refractivity contribution in [2.75, 3.05) is 33.8 Å². The van der Waals surface area contributed by atoms with Crippen LogP contribution < -0.4 is 10.6 Å². The minimum absolute atomic E-state index is 0. The summed E-state index contributed by atoms with van der Waals surface area (Å²) >= 11 is 1.62. The lowest BCUT2D eigenvalue weighted by Crippen LogP contribution is -2.39. The van der Waals surface area contributed by atoms with Gasteiger partial charge in [-0.2, -0.15) is 0 Å². The first kappa shape index (κ1) is 26.1. The van der Waals surface area contributed by atoms with Crippen molar-refractivity contribution in [2.24, 2.45) is 10.9 Å². The highest BCUT2D eigenvalue weighted by atomic mass is 127. The molecule has 0 radical (unpaired) electrons.